The van der Waals surface area contributed by atoms with E-state index in [1.54, 1.807) is 41.0 Å². The summed E-state index contributed by atoms with van der Waals surface area (Å²) in [6.45, 7) is 1.50. The summed E-state index contributed by atoms with van der Waals surface area (Å²) in [6.07, 6.45) is 4.66. The molecule has 2 aliphatic rings. The van der Waals surface area contributed by atoms with Gasteiger partial charge in [-0.1, -0.05) is 48.5 Å². The van der Waals surface area contributed by atoms with Gasteiger partial charge in [-0.15, -0.1) is 10.2 Å². The van der Waals surface area contributed by atoms with Gasteiger partial charge in [0.2, 0.25) is 15.9 Å². The van der Waals surface area contributed by atoms with Crippen molar-refractivity contribution in [1.82, 2.24) is 24.0 Å². The molecule has 2 unspecified atom stereocenters. The van der Waals surface area contributed by atoms with Crippen molar-refractivity contribution in [3.05, 3.63) is 78.4 Å². The zero-order valence-electron chi connectivity index (χ0n) is 19.9. The largest absolute Gasteiger partial charge is 0.342 e. The van der Waals surface area contributed by atoms with Gasteiger partial charge in [-0.3, -0.25) is 4.79 Å². The van der Waals surface area contributed by atoms with E-state index >= 15 is 0 Å². The number of likely N-dealkylation sites (tertiary alicyclic amines) is 1. The van der Waals surface area contributed by atoms with E-state index in [-0.39, 0.29) is 35.2 Å². The predicted octanol–water partition coefficient (Wildman–Crippen LogP) is 3.36. The van der Waals surface area contributed by atoms with Crippen LogP contribution < -0.4 is 0 Å². The average molecular weight is 494 g/mol. The van der Waals surface area contributed by atoms with Crippen molar-refractivity contribution in [2.24, 2.45) is 13.0 Å². The van der Waals surface area contributed by atoms with Gasteiger partial charge < -0.3 is 9.47 Å². The molecule has 3 heterocycles. The molecule has 9 heteroatoms. The summed E-state index contributed by atoms with van der Waals surface area (Å²) in [5.74, 6) is 0.955. The summed E-state index contributed by atoms with van der Waals surface area (Å²) in [6, 6.07) is 18.0. The van der Waals surface area contributed by atoms with Crippen LogP contribution >= 0.6 is 0 Å². The number of aryl methyl sites for hydroxylation is 1. The normalized spacial score (nSPS) is 22.3. The lowest BCUT2D eigenvalue weighted by Gasteiger charge is -2.41. The molecule has 0 saturated carbocycles. The van der Waals surface area contributed by atoms with Crippen LogP contribution in [0.4, 0.5) is 0 Å². The first kappa shape index (κ1) is 23.7. The van der Waals surface area contributed by atoms with Gasteiger partial charge >= 0.3 is 0 Å². The van der Waals surface area contributed by atoms with Crippen LogP contribution in [0.25, 0.3) is 0 Å². The Balaban J connectivity index is 1.34. The molecule has 0 radical (unpaired) electrons. The van der Waals surface area contributed by atoms with E-state index in [0.29, 0.717) is 25.9 Å². The van der Waals surface area contributed by atoms with Crippen LogP contribution in [0.2, 0.25) is 0 Å². The van der Waals surface area contributed by atoms with Crippen molar-refractivity contribution in [3.8, 4) is 0 Å². The van der Waals surface area contributed by atoms with Crippen LogP contribution in [0.5, 0.6) is 0 Å². The maximum atomic E-state index is 13.7. The molecule has 8 nitrogen and oxygen atoms in total. The second kappa shape index (κ2) is 9.91. The molecule has 5 rings (SSSR count). The van der Waals surface area contributed by atoms with E-state index in [4.69, 9.17) is 0 Å². The fraction of sp³-hybridized carbons (Fsp3) is 0.423. The van der Waals surface area contributed by atoms with Crippen LogP contribution in [-0.4, -0.2) is 57.9 Å². The Morgan fingerprint density at radius 1 is 0.914 bits per heavy atom. The fourth-order valence-electron chi connectivity index (χ4n) is 5.42. The van der Waals surface area contributed by atoms with Crippen LogP contribution in [0.15, 0.2) is 71.9 Å². The van der Waals surface area contributed by atoms with Crippen molar-refractivity contribution in [3.63, 3.8) is 0 Å². The number of benzene rings is 2. The zero-order valence-corrected chi connectivity index (χ0v) is 20.7. The first-order valence-corrected chi connectivity index (χ1v) is 13.6. The second-order valence-electron chi connectivity index (χ2n) is 9.49. The summed E-state index contributed by atoms with van der Waals surface area (Å²) in [7, 11) is -1.81. The number of carbonyl (C=O) groups is 1. The lowest BCUT2D eigenvalue weighted by atomic mass is 9.89. The molecule has 2 saturated heterocycles. The molecule has 3 aromatic rings. The molecular weight excluding hydrogens is 462 g/mol. The topological polar surface area (TPSA) is 88.4 Å². The number of nitrogens with zero attached hydrogens (tertiary/aromatic N) is 5. The molecule has 1 aromatic heterocycles. The molecule has 2 fully saturated rings. The van der Waals surface area contributed by atoms with E-state index in [2.05, 4.69) is 10.2 Å². The maximum absolute atomic E-state index is 13.7. The van der Waals surface area contributed by atoms with Gasteiger partial charge in [0.05, 0.1) is 16.9 Å². The third kappa shape index (κ3) is 4.75. The third-order valence-electron chi connectivity index (χ3n) is 7.34. The SMILES string of the molecule is Cn1cnnc1C1CCN(C(=O)C2CCC(c3ccccc3)N(S(=O)(=O)c3ccccc3)C2)CC1. The lowest BCUT2D eigenvalue weighted by molar-refractivity contribution is -0.138. The highest BCUT2D eigenvalue weighted by molar-refractivity contribution is 7.89. The molecule has 0 aliphatic carbocycles. The first-order chi connectivity index (χ1) is 16.9. The Kier molecular flexibility index (Phi) is 6.71. The highest BCUT2D eigenvalue weighted by Crippen LogP contribution is 2.38. The number of hydrogen-bond donors (Lipinski definition) is 0. The number of piperidine rings is 2. The van der Waals surface area contributed by atoms with Crippen LogP contribution in [-0.2, 0) is 21.9 Å². The molecule has 0 bridgehead atoms. The second-order valence-corrected chi connectivity index (χ2v) is 11.4. The van der Waals surface area contributed by atoms with Gasteiger partial charge in [0.1, 0.15) is 12.2 Å². The quantitative estimate of drug-likeness (QED) is 0.544. The number of sulfonamides is 1. The summed E-state index contributed by atoms with van der Waals surface area (Å²) < 4.78 is 30.9. The predicted molar refractivity (Wildman–Crippen MR) is 132 cm³/mol. The number of rotatable bonds is 5. The average Bonchev–Trinajstić information content (AvgIpc) is 3.34. The molecule has 2 aromatic carbocycles. The summed E-state index contributed by atoms with van der Waals surface area (Å²) in [5, 5.41) is 8.22. The Morgan fingerprint density at radius 2 is 1.57 bits per heavy atom. The van der Waals surface area contributed by atoms with E-state index in [0.717, 1.165) is 24.2 Å². The molecule has 1 amide bonds. The van der Waals surface area contributed by atoms with Crippen molar-refractivity contribution in [1.29, 1.82) is 0 Å². The molecule has 2 aliphatic heterocycles. The molecule has 0 spiro atoms. The fourth-order valence-corrected chi connectivity index (χ4v) is 7.13. The highest BCUT2D eigenvalue weighted by Gasteiger charge is 2.41. The van der Waals surface area contributed by atoms with Gasteiger partial charge in [-0.05, 0) is 43.4 Å². The number of amides is 1. The monoisotopic (exact) mass is 493 g/mol. The Morgan fingerprint density at radius 3 is 2.20 bits per heavy atom. The Bertz CT molecular complexity index is 1250. The number of carbonyl (C=O) groups excluding carboxylic acids is 1. The van der Waals surface area contributed by atoms with E-state index in [9.17, 15) is 13.2 Å². The van der Waals surface area contributed by atoms with E-state index in [1.807, 2.05) is 46.8 Å². The van der Waals surface area contributed by atoms with Crippen LogP contribution in [0.3, 0.4) is 0 Å². The van der Waals surface area contributed by atoms with E-state index in [1.165, 1.54) is 0 Å². The standard InChI is InChI=1S/C26H31N5O3S/c1-29-19-27-28-25(29)21-14-16-30(17-15-21)26(32)22-12-13-24(20-8-4-2-5-9-20)31(18-22)35(33,34)23-10-6-3-7-11-23/h2-11,19,21-22,24H,12-18H2,1H3. The minimum Gasteiger partial charge on any atom is -0.342 e. The minimum atomic E-state index is -3.76. The number of hydrogen-bond acceptors (Lipinski definition) is 5. The van der Waals surface area contributed by atoms with Crippen LogP contribution in [0.1, 0.15) is 49.0 Å². The summed E-state index contributed by atoms with van der Waals surface area (Å²) >= 11 is 0. The molecule has 0 N–H and O–H groups in total. The Labute approximate surface area is 206 Å². The van der Waals surface area contributed by atoms with Gasteiger partial charge in [0.15, 0.2) is 0 Å². The van der Waals surface area contributed by atoms with Gasteiger partial charge in [-0.25, -0.2) is 8.42 Å². The van der Waals surface area contributed by atoms with Gasteiger partial charge in [0.25, 0.3) is 0 Å². The minimum absolute atomic E-state index is 0.0567. The zero-order chi connectivity index (χ0) is 24.4. The van der Waals surface area contributed by atoms with Crippen molar-refractivity contribution < 1.29 is 13.2 Å². The first-order valence-electron chi connectivity index (χ1n) is 12.2. The summed E-state index contributed by atoms with van der Waals surface area (Å²) in [4.78, 5) is 15.7. The van der Waals surface area contributed by atoms with Crippen molar-refractivity contribution >= 4 is 15.9 Å². The van der Waals surface area contributed by atoms with Gasteiger partial charge in [-0.2, -0.15) is 4.31 Å². The molecular formula is C26H31N5O3S. The molecule has 184 valence electrons. The van der Waals surface area contributed by atoms with E-state index < -0.39 is 10.0 Å². The highest BCUT2D eigenvalue weighted by atomic mass is 32.2. The number of aromatic nitrogens is 3. The smallest absolute Gasteiger partial charge is 0.243 e. The van der Waals surface area contributed by atoms with Crippen molar-refractivity contribution in [2.75, 3.05) is 19.6 Å². The molecule has 35 heavy (non-hydrogen) atoms. The maximum Gasteiger partial charge on any atom is 0.243 e. The lowest BCUT2D eigenvalue weighted by Crippen LogP contribution is -2.49. The molecule has 2 atom stereocenters. The van der Waals surface area contributed by atoms with Gasteiger partial charge in [0, 0.05) is 32.6 Å². The van der Waals surface area contributed by atoms with Crippen LogP contribution in [0, 0.1) is 5.92 Å². The Hall–Kier alpha value is -3.04. The van der Waals surface area contributed by atoms with Crippen molar-refractivity contribution in [2.45, 2.75) is 42.5 Å². The third-order valence-corrected chi connectivity index (χ3v) is 9.23. The summed E-state index contributed by atoms with van der Waals surface area (Å²) in [5.41, 5.74) is 0.961.